The molecule has 0 fully saturated rings. The number of carboxylic acid groups (broad SMARTS) is 1. The van der Waals surface area contributed by atoms with E-state index in [1.54, 1.807) is 12.1 Å². The lowest BCUT2D eigenvalue weighted by Crippen LogP contribution is -2.02. The van der Waals surface area contributed by atoms with Crippen molar-refractivity contribution in [2.24, 2.45) is 0 Å². The summed E-state index contributed by atoms with van der Waals surface area (Å²) in [5, 5.41) is 12.7. The molecule has 4 N–H and O–H groups in total. The molecule has 0 saturated carbocycles. The Bertz CT molecular complexity index is 647. The van der Waals surface area contributed by atoms with Gasteiger partial charge in [-0.1, -0.05) is 11.6 Å². The first-order valence-corrected chi connectivity index (χ1v) is 6.78. The molecule has 0 radical (unpaired) electrons. The number of anilines is 3. The average Bonchev–Trinajstić information content (AvgIpc) is 2.34. The molecule has 0 saturated heterocycles. The maximum atomic E-state index is 10.8. The quantitative estimate of drug-likeness (QED) is 0.549. The Hall–Kier alpha value is -1.47. The van der Waals surface area contributed by atoms with Crippen LogP contribution in [0.25, 0.3) is 0 Å². The normalized spacial score (nSPS) is 10.2. The van der Waals surface area contributed by atoms with E-state index in [9.17, 15) is 4.79 Å². The van der Waals surface area contributed by atoms with Crippen molar-refractivity contribution >= 4 is 57.2 Å². The lowest BCUT2D eigenvalue weighted by molar-refractivity contribution is 0.0697. The highest BCUT2D eigenvalue weighted by Gasteiger charge is 2.08. The summed E-state index contributed by atoms with van der Waals surface area (Å²) in [6.07, 6.45) is 0. The number of rotatable bonds is 3. The molecule has 0 heterocycles. The minimum atomic E-state index is -1.00. The lowest BCUT2D eigenvalue weighted by atomic mass is 10.1. The zero-order valence-corrected chi connectivity index (χ0v) is 12.6. The maximum Gasteiger partial charge on any atom is 0.335 e. The van der Waals surface area contributed by atoms with Crippen molar-refractivity contribution in [1.82, 2.24) is 0 Å². The van der Waals surface area contributed by atoms with Gasteiger partial charge in [0.2, 0.25) is 0 Å². The third-order valence-electron chi connectivity index (χ3n) is 2.50. The first-order chi connectivity index (χ1) is 8.97. The molecule has 4 nitrogen and oxygen atoms in total. The Morgan fingerprint density at radius 3 is 2.47 bits per heavy atom. The predicted octanol–water partition coefficient (Wildman–Crippen LogP) is 3.97. The number of halogens is 2. The fraction of sp³-hybridized carbons (Fsp3) is 0. The molecule has 2 aromatic carbocycles. The second kappa shape index (κ2) is 5.66. The molecule has 6 heteroatoms. The van der Waals surface area contributed by atoms with Crippen molar-refractivity contribution < 1.29 is 9.90 Å². The first kappa shape index (κ1) is 14.0. The number of aromatic carboxylic acids is 1. The number of hydrogen-bond donors (Lipinski definition) is 3. The highest BCUT2D eigenvalue weighted by molar-refractivity contribution is 14.1. The van der Waals surface area contributed by atoms with Crippen molar-refractivity contribution in [3.8, 4) is 0 Å². The standard InChI is InChI=1S/C13H10ClIN2O2/c14-8-2-4-11(9(15)6-8)17-12-3-1-7(13(18)19)5-10(12)16/h1-6,17H,16H2,(H,18,19). The molecule has 0 aromatic heterocycles. The summed E-state index contributed by atoms with van der Waals surface area (Å²) in [4.78, 5) is 10.8. The minimum absolute atomic E-state index is 0.161. The summed E-state index contributed by atoms with van der Waals surface area (Å²) in [5.41, 5.74) is 7.89. The topological polar surface area (TPSA) is 75.4 Å². The fourth-order valence-electron chi connectivity index (χ4n) is 1.55. The summed E-state index contributed by atoms with van der Waals surface area (Å²) in [7, 11) is 0. The summed E-state index contributed by atoms with van der Waals surface area (Å²) in [5.74, 6) is -1.00. The molecule has 0 unspecified atom stereocenters. The second-order valence-corrected chi connectivity index (χ2v) is 5.45. The number of hydrogen-bond acceptors (Lipinski definition) is 3. The predicted molar refractivity (Wildman–Crippen MR) is 85.3 cm³/mol. The van der Waals surface area contributed by atoms with Gasteiger partial charge in [0.25, 0.3) is 0 Å². The molecule has 19 heavy (non-hydrogen) atoms. The van der Waals surface area contributed by atoms with Gasteiger partial charge < -0.3 is 16.2 Å². The zero-order valence-electron chi connectivity index (χ0n) is 9.65. The Balaban J connectivity index is 2.31. The van der Waals surface area contributed by atoms with Crippen LogP contribution in [-0.4, -0.2) is 11.1 Å². The number of nitrogens with two attached hydrogens (primary N) is 1. The Kier molecular flexibility index (Phi) is 4.16. The van der Waals surface area contributed by atoms with E-state index in [-0.39, 0.29) is 5.56 Å². The first-order valence-electron chi connectivity index (χ1n) is 5.32. The molecule has 2 aromatic rings. The number of carboxylic acids is 1. The molecule has 0 aliphatic rings. The summed E-state index contributed by atoms with van der Waals surface area (Å²) >= 11 is 8.04. The molecule has 0 aliphatic heterocycles. The van der Waals surface area contributed by atoms with Crippen molar-refractivity contribution in [3.63, 3.8) is 0 Å². The Morgan fingerprint density at radius 2 is 1.89 bits per heavy atom. The molecular weight excluding hydrogens is 379 g/mol. The Morgan fingerprint density at radius 1 is 1.21 bits per heavy atom. The molecule has 2 rings (SSSR count). The summed E-state index contributed by atoms with van der Waals surface area (Å²) in [6, 6.07) is 10.0. The van der Waals surface area contributed by atoms with Gasteiger partial charge in [-0.25, -0.2) is 4.79 Å². The molecule has 98 valence electrons. The molecule has 0 aliphatic carbocycles. The third kappa shape index (κ3) is 3.30. The largest absolute Gasteiger partial charge is 0.478 e. The van der Waals surface area contributed by atoms with Crippen LogP contribution < -0.4 is 11.1 Å². The van der Waals surface area contributed by atoms with Crippen LogP contribution in [0.5, 0.6) is 0 Å². The van der Waals surface area contributed by atoms with Crippen LogP contribution in [-0.2, 0) is 0 Å². The fourth-order valence-corrected chi connectivity index (χ4v) is 2.55. The van der Waals surface area contributed by atoms with Gasteiger partial charge in [0, 0.05) is 8.59 Å². The number of benzene rings is 2. The minimum Gasteiger partial charge on any atom is -0.478 e. The van der Waals surface area contributed by atoms with Crippen LogP contribution in [0.4, 0.5) is 17.1 Å². The number of carbonyl (C=O) groups is 1. The van der Waals surface area contributed by atoms with Crippen LogP contribution in [0.2, 0.25) is 5.02 Å². The van der Waals surface area contributed by atoms with Crippen LogP contribution >= 0.6 is 34.2 Å². The van der Waals surface area contributed by atoms with Gasteiger partial charge >= 0.3 is 5.97 Å². The van der Waals surface area contributed by atoms with Gasteiger partial charge in [0.05, 0.1) is 22.6 Å². The van der Waals surface area contributed by atoms with E-state index < -0.39 is 5.97 Å². The lowest BCUT2D eigenvalue weighted by Gasteiger charge is -2.11. The van der Waals surface area contributed by atoms with E-state index in [0.717, 1.165) is 9.26 Å². The third-order valence-corrected chi connectivity index (χ3v) is 3.63. The number of nitrogen functional groups attached to an aromatic ring is 1. The van der Waals surface area contributed by atoms with Gasteiger partial charge in [0.15, 0.2) is 0 Å². The maximum absolute atomic E-state index is 10.8. The van der Waals surface area contributed by atoms with Gasteiger partial charge in [-0.3, -0.25) is 0 Å². The Labute approximate surface area is 128 Å². The highest BCUT2D eigenvalue weighted by Crippen LogP contribution is 2.28. The van der Waals surface area contributed by atoms with Gasteiger partial charge in [-0.05, 0) is 59.0 Å². The van der Waals surface area contributed by atoms with E-state index in [4.69, 9.17) is 22.4 Å². The monoisotopic (exact) mass is 388 g/mol. The molecular formula is C13H10ClIN2O2. The van der Waals surface area contributed by atoms with E-state index >= 15 is 0 Å². The van der Waals surface area contributed by atoms with Gasteiger partial charge in [-0.15, -0.1) is 0 Å². The van der Waals surface area contributed by atoms with Gasteiger partial charge in [-0.2, -0.15) is 0 Å². The summed E-state index contributed by atoms with van der Waals surface area (Å²) in [6.45, 7) is 0. The van der Waals surface area contributed by atoms with Crippen molar-refractivity contribution in [3.05, 3.63) is 50.6 Å². The SMILES string of the molecule is Nc1cc(C(=O)O)ccc1Nc1ccc(Cl)cc1I. The van der Waals surface area contributed by atoms with E-state index in [1.165, 1.54) is 12.1 Å². The van der Waals surface area contributed by atoms with E-state index in [0.29, 0.717) is 16.4 Å². The second-order valence-electron chi connectivity index (χ2n) is 3.86. The summed E-state index contributed by atoms with van der Waals surface area (Å²) < 4.78 is 0.951. The average molecular weight is 389 g/mol. The molecule has 0 atom stereocenters. The van der Waals surface area contributed by atoms with E-state index in [1.807, 2.05) is 12.1 Å². The van der Waals surface area contributed by atoms with Crippen molar-refractivity contribution in [2.75, 3.05) is 11.1 Å². The zero-order chi connectivity index (χ0) is 14.0. The molecule has 0 spiro atoms. The number of nitrogens with one attached hydrogen (secondary N) is 1. The smallest absolute Gasteiger partial charge is 0.335 e. The van der Waals surface area contributed by atoms with Crippen LogP contribution in [0.3, 0.4) is 0 Å². The van der Waals surface area contributed by atoms with Crippen molar-refractivity contribution in [2.45, 2.75) is 0 Å². The highest BCUT2D eigenvalue weighted by atomic mass is 127. The molecule has 0 bridgehead atoms. The van der Waals surface area contributed by atoms with Crippen LogP contribution in [0.1, 0.15) is 10.4 Å². The van der Waals surface area contributed by atoms with Crippen LogP contribution in [0, 0.1) is 3.57 Å². The van der Waals surface area contributed by atoms with Crippen molar-refractivity contribution in [1.29, 1.82) is 0 Å². The van der Waals surface area contributed by atoms with Crippen LogP contribution in [0.15, 0.2) is 36.4 Å². The molecule has 0 amide bonds. The van der Waals surface area contributed by atoms with E-state index in [2.05, 4.69) is 27.9 Å². The van der Waals surface area contributed by atoms with Gasteiger partial charge in [0.1, 0.15) is 0 Å².